The van der Waals surface area contributed by atoms with Crippen LogP contribution in [-0.4, -0.2) is 41.5 Å². The predicted molar refractivity (Wildman–Crippen MR) is 77.7 cm³/mol. The highest BCUT2D eigenvalue weighted by Crippen LogP contribution is 2.32. The van der Waals surface area contributed by atoms with E-state index in [0.717, 1.165) is 37.6 Å². The number of rotatable bonds is 2. The van der Waals surface area contributed by atoms with Gasteiger partial charge in [-0.3, -0.25) is 4.79 Å². The van der Waals surface area contributed by atoms with Gasteiger partial charge in [-0.1, -0.05) is 11.3 Å². The Morgan fingerprint density at radius 1 is 1.32 bits per heavy atom. The zero-order valence-corrected chi connectivity index (χ0v) is 12.1. The molecule has 1 aromatic heterocycles. The highest BCUT2D eigenvalue weighted by Gasteiger charge is 2.30. The Bertz CT molecular complexity index is 481. The molecule has 2 aliphatic heterocycles. The number of likely N-dealkylation sites (tertiary alicyclic amines) is 1. The monoisotopic (exact) mass is 280 g/mol. The Kier molecular flexibility index (Phi) is 3.35. The van der Waals surface area contributed by atoms with Crippen LogP contribution in [0.5, 0.6) is 0 Å². The van der Waals surface area contributed by atoms with Gasteiger partial charge in [0, 0.05) is 25.7 Å². The molecule has 5 nitrogen and oxygen atoms in total. The Hall–Kier alpha value is -1.30. The summed E-state index contributed by atoms with van der Waals surface area (Å²) in [5.74, 6) is 0.460. The van der Waals surface area contributed by atoms with Crippen molar-refractivity contribution in [3.8, 4) is 0 Å². The summed E-state index contributed by atoms with van der Waals surface area (Å²) in [4.78, 5) is 21.7. The van der Waals surface area contributed by atoms with Crippen molar-refractivity contribution >= 4 is 28.2 Å². The molecule has 3 heterocycles. The van der Waals surface area contributed by atoms with Crippen LogP contribution in [0.3, 0.4) is 0 Å². The van der Waals surface area contributed by atoms with Gasteiger partial charge in [-0.05, 0) is 32.6 Å². The van der Waals surface area contributed by atoms with Gasteiger partial charge in [-0.2, -0.15) is 0 Å². The van der Waals surface area contributed by atoms with E-state index < -0.39 is 0 Å². The number of anilines is 2. The third-order valence-corrected chi connectivity index (χ3v) is 5.15. The van der Waals surface area contributed by atoms with Crippen LogP contribution < -0.4 is 10.6 Å². The van der Waals surface area contributed by atoms with E-state index in [1.807, 2.05) is 4.90 Å². The van der Waals surface area contributed by atoms with Crippen LogP contribution in [0.25, 0.3) is 0 Å². The minimum Gasteiger partial charge on any atom is -0.382 e. The minimum atomic E-state index is 0.0606. The number of carbonyl (C=O) groups is 1. The molecular weight excluding hydrogens is 260 g/mol. The minimum absolute atomic E-state index is 0.0606. The SMILES string of the molecule is CC1CCCN1C(=O)c1sc(N2CCCC2)nc1N. The van der Waals surface area contributed by atoms with Crippen LogP contribution in [0.1, 0.15) is 42.3 Å². The fraction of sp³-hybridized carbons (Fsp3) is 0.692. The summed E-state index contributed by atoms with van der Waals surface area (Å²) in [6.07, 6.45) is 4.58. The molecule has 0 spiro atoms. The van der Waals surface area contributed by atoms with Crippen LogP contribution in [0.4, 0.5) is 10.9 Å². The van der Waals surface area contributed by atoms with Crippen molar-refractivity contribution in [3.63, 3.8) is 0 Å². The number of thiazole rings is 1. The van der Waals surface area contributed by atoms with Gasteiger partial charge >= 0.3 is 0 Å². The van der Waals surface area contributed by atoms with Crippen molar-refractivity contribution in [2.75, 3.05) is 30.3 Å². The van der Waals surface area contributed by atoms with E-state index >= 15 is 0 Å². The molecule has 2 fully saturated rings. The summed E-state index contributed by atoms with van der Waals surface area (Å²) in [7, 11) is 0. The molecule has 0 saturated carbocycles. The predicted octanol–water partition coefficient (Wildman–Crippen LogP) is 1.95. The van der Waals surface area contributed by atoms with Crippen LogP contribution in [0.15, 0.2) is 0 Å². The first-order valence-corrected chi connectivity index (χ1v) is 7.80. The molecular formula is C13H20N4OS. The zero-order chi connectivity index (χ0) is 13.4. The number of nitrogens with zero attached hydrogens (tertiary/aromatic N) is 3. The van der Waals surface area contributed by atoms with E-state index in [4.69, 9.17) is 5.73 Å². The van der Waals surface area contributed by atoms with E-state index in [1.54, 1.807) is 0 Å². The molecule has 1 aromatic rings. The van der Waals surface area contributed by atoms with E-state index in [1.165, 1.54) is 24.2 Å². The number of amides is 1. The Labute approximate surface area is 117 Å². The van der Waals surface area contributed by atoms with Crippen molar-refractivity contribution in [2.24, 2.45) is 0 Å². The Morgan fingerprint density at radius 3 is 2.68 bits per heavy atom. The topological polar surface area (TPSA) is 62.5 Å². The first-order chi connectivity index (χ1) is 9.16. The lowest BCUT2D eigenvalue weighted by atomic mass is 10.2. The van der Waals surface area contributed by atoms with Gasteiger partial charge in [0.2, 0.25) is 0 Å². The van der Waals surface area contributed by atoms with E-state index in [-0.39, 0.29) is 5.91 Å². The molecule has 2 aliphatic rings. The molecule has 0 aromatic carbocycles. The molecule has 1 unspecified atom stereocenters. The quantitative estimate of drug-likeness (QED) is 0.899. The van der Waals surface area contributed by atoms with Crippen molar-refractivity contribution < 1.29 is 4.79 Å². The lowest BCUT2D eigenvalue weighted by Gasteiger charge is -2.20. The summed E-state index contributed by atoms with van der Waals surface area (Å²) in [6, 6.07) is 0.323. The van der Waals surface area contributed by atoms with Gasteiger partial charge < -0.3 is 15.5 Å². The van der Waals surface area contributed by atoms with Crippen LogP contribution >= 0.6 is 11.3 Å². The van der Waals surface area contributed by atoms with Gasteiger partial charge in [0.05, 0.1) is 0 Å². The van der Waals surface area contributed by atoms with E-state index in [2.05, 4.69) is 16.8 Å². The highest BCUT2D eigenvalue weighted by atomic mass is 32.1. The fourth-order valence-corrected chi connectivity index (χ4v) is 3.88. The molecule has 6 heteroatoms. The lowest BCUT2D eigenvalue weighted by molar-refractivity contribution is 0.0753. The van der Waals surface area contributed by atoms with Crippen molar-refractivity contribution in [2.45, 2.75) is 38.6 Å². The summed E-state index contributed by atoms with van der Waals surface area (Å²) < 4.78 is 0. The Balaban J connectivity index is 1.82. The van der Waals surface area contributed by atoms with Gasteiger partial charge in [0.15, 0.2) is 5.13 Å². The average Bonchev–Trinajstić information content (AvgIpc) is 3.07. The largest absolute Gasteiger partial charge is 0.382 e. The van der Waals surface area contributed by atoms with Crippen LogP contribution in [-0.2, 0) is 0 Å². The standard InChI is InChI=1S/C13H20N4OS/c1-9-5-4-8-17(9)12(18)10-11(14)15-13(19-10)16-6-2-3-7-16/h9H,2-8,14H2,1H3. The van der Waals surface area contributed by atoms with Gasteiger partial charge in [0.25, 0.3) is 5.91 Å². The second-order valence-corrected chi connectivity index (χ2v) is 6.37. The number of nitrogen functional groups attached to an aromatic ring is 1. The van der Waals surface area contributed by atoms with E-state index in [0.29, 0.717) is 16.7 Å². The highest BCUT2D eigenvalue weighted by molar-refractivity contribution is 7.18. The summed E-state index contributed by atoms with van der Waals surface area (Å²) in [6.45, 7) is 5.00. The fourth-order valence-electron chi connectivity index (χ4n) is 2.88. The van der Waals surface area contributed by atoms with Gasteiger partial charge in [0.1, 0.15) is 10.7 Å². The zero-order valence-electron chi connectivity index (χ0n) is 11.3. The smallest absolute Gasteiger partial charge is 0.268 e. The van der Waals surface area contributed by atoms with Gasteiger partial charge in [-0.15, -0.1) is 0 Å². The second kappa shape index (κ2) is 5.00. The maximum Gasteiger partial charge on any atom is 0.268 e. The Morgan fingerprint density at radius 2 is 2.05 bits per heavy atom. The average molecular weight is 280 g/mol. The number of carbonyl (C=O) groups excluding carboxylic acids is 1. The first-order valence-electron chi connectivity index (χ1n) is 6.99. The second-order valence-electron chi connectivity index (χ2n) is 5.39. The molecule has 0 radical (unpaired) electrons. The molecule has 19 heavy (non-hydrogen) atoms. The molecule has 3 rings (SSSR count). The molecule has 1 amide bonds. The normalized spacial score (nSPS) is 23.3. The van der Waals surface area contributed by atoms with Crippen LogP contribution in [0.2, 0.25) is 0 Å². The summed E-state index contributed by atoms with van der Waals surface area (Å²) in [5.41, 5.74) is 5.95. The number of hydrogen-bond donors (Lipinski definition) is 1. The lowest BCUT2D eigenvalue weighted by Crippen LogP contribution is -2.33. The summed E-state index contributed by atoms with van der Waals surface area (Å²) in [5, 5.41) is 0.908. The van der Waals surface area contributed by atoms with Crippen LogP contribution in [0, 0.1) is 0 Å². The molecule has 0 bridgehead atoms. The molecule has 2 N–H and O–H groups in total. The van der Waals surface area contributed by atoms with Crippen molar-refractivity contribution in [1.82, 2.24) is 9.88 Å². The number of aromatic nitrogens is 1. The molecule has 1 atom stereocenters. The van der Waals surface area contributed by atoms with Gasteiger partial charge in [-0.25, -0.2) is 4.98 Å². The maximum atomic E-state index is 12.5. The molecule has 0 aliphatic carbocycles. The summed E-state index contributed by atoms with van der Waals surface area (Å²) >= 11 is 1.45. The van der Waals surface area contributed by atoms with E-state index in [9.17, 15) is 4.79 Å². The number of hydrogen-bond acceptors (Lipinski definition) is 5. The maximum absolute atomic E-state index is 12.5. The molecule has 2 saturated heterocycles. The molecule has 104 valence electrons. The third-order valence-electron chi connectivity index (χ3n) is 4.03. The first kappa shape index (κ1) is 12.7. The third kappa shape index (κ3) is 2.29. The number of nitrogens with two attached hydrogens (primary N) is 1. The van der Waals surface area contributed by atoms with Crippen molar-refractivity contribution in [1.29, 1.82) is 0 Å². The van der Waals surface area contributed by atoms with Crippen molar-refractivity contribution in [3.05, 3.63) is 4.88 Å².